The number of benzene rings is 2. The van der Waals surface area contributed by atoms with Gasteiger partial charge in [0.1, 0.15) is 11.6 Å². The molecule has 9 heteroatoms. The maximum absolute atomic E-state index is 9.20. The van der Waals surface area contributed by atoms with E-state index >= 15 is 0 Å². The second-order valence-corrected chi connectivity index (χ2v) is 8.39. The van der Waals surface area contributed by atoms with E-state index in [4.69, 9.17) is 9.72 Å². The summed E-state index contributed by atoms with van der Waals surface area (Å²) in [5.74, 6) is 1.60. The molecule has 2 aromatic heterocycles. The molecule has 3 heterocycles. The van der Waals surface area contributed by atoms with Gasteiger partial charge in [-0.2, -0.15) is 5.26 Å². The molecule has 1 fully saturated rings. The van der Waals surface area contributed by atoms with Gasteiger partial charge in [-0.1, -0.05) is 11.3 Å². The number of aromatic nitrogens is 3. The standard InChI is InChI=1S/C23H21N7OS/c1-31-20-4-2-16(14-24)12-18(20)27-23-28-19-13-17(3-5-21(19)32-23)29-8-10-30(11-9-29)22-15-25-6-7-26-22/h2-7,12-13,15H,8-11H2,1H3,(H,27,28). The van der Waals surface area contributed by atoms with Crippen molar-refractivity contribution >= 4 is 43.9 Å². The van der Waals surface area contributed by atoms with Crippen molar-refractivity contribution < 1.29 is 4.74 Å². The van der Waals surface area contributed by atoms with Gasteiger partial charge in [0, 0.05) is 44.3 Å². The Morgan fingerprint density at radius 2 is 1.91 bits per heavy atom. The van der Waals surface area contributed by atoms with Crippen LogP contribution in [0.15, 0.2) is 55.0 Å². The van der Waals surface area contributed by atoms with Crippen molar-refractivity contribution in [3.8, 4) is 11.8 Å². The summed E-state index contributed by atoms with van der Waals surface area (Å²) in [6, 6.07) is 13.9. The number of piperazine rings is 1. The summed E-state index contributed by atoms with van der Waals surface area (Å²) in [6.07, 6.45) is 5.24. The smallest absolute Gasteiger partial charge is 0.188 e. The number of methoxy groups -OCH3 is 1. The molecule has 32 heavy (non-hydrogen) atoms. The third-order valence-electron chi connectivity index (χ3n) is 5.46. The van der Waals surface area contributed by atoms with E-state index in [0.29, 0.717) is 11.3 Å². The van der Waals surface area contributed by atoms with Crippen LogP contribution in [0.2, 0.25) is 0 Å². The lowest BCUT2D eigenvalue weighted by molar-refractivity contribution is 0.417. The number of hydrogen-bond acceptors (Lipinski definition) is 9. The minimum Gasteiger partial charge on any atom is -0.495 e. The van der Waals surface area contributed by atoms with Crippen LogP contribution >= 0.6 is 11.3 Å². The highest BCUT2D eigenvalue weighted by molar-refractivity contribution is 7.22. The highest BCUT2D eigenvalue weighted by atomic mass is 32.1. The molecule has 1 N–H and O–H groups in total. The molecule has 160 valence electrons. The molecule has 1 aliphatic rings. The number of rotatable bonds is 5. The predicted octanol–water partition coefficient (Wildman–Crippen LogP) is 4.04. The average molecular weight is 444 g/mol. The van der Waals surface area contributed by atoms with Gasteiger partial charge < -0.3 is 19.9 Å². The van der Waals surface area contributed by atoms with Crippen LogP contribution in [0.25, 0.3) is 10.2 Å². The highest BCUT2D eigenvalue weighted by Crippen LogP contribution is 2.34. The van der Waals surface area contributed by atoms with Crippen LogP contribution in [0.3, 0.4) is 0 Å². The lowest BCUT2D eigenvalue weighted by Crippen LogP contribution is -2.46. The summed E-state index contributed by atoms with van der Waals surface area (Å²) in [5, 5.41) is 13.3. The van der Waals surface area contributed by atoms with Gasteiger partial charge >= 0.3 is 0 Å². The second kappa shape index (κ2) is 8.69. The number of nitriles is 1. The first-order valence-electron chi connectivity index (χ1n) is 10.2. The molecule has 0 amide bonds. The Kier molecular flexibility index (Phi) is 5.44. The Hall–Kier alpha value is -3.90. The van der Waals surface area contributed by atoms with Crippen LogP contribution in [0.4, 0.5) is 22.3 Å². The lowest BCUT2D eigenvalue weighted by Gasteiger charge is -2.36. The van der Waals surface area contributed by atoms with E-state index in [1.54, 1.807) is 49.0 Å². The second-order valence-electron chi connectivity index (χ2n) is 7.36. The van der Waals surface area contributed by atoms with Crippen molar-refractivity contribution in [1.29, 1.82) is 5.26 Å². The lowest BCUT2D eigenvalue weighted by atomic mass is 10.2. The van der Waals surface area contributed by atoms with Gasteiger partial charge in [-0.25, -0.2) is 9.97 Å². The fourth-order valence-corrected chi connectivity index (χ4v) is 4.66. The van der Waals surface area contributed by atoms with Gasteiger partial charge in [0.25, 0.3) is 0 Å². The van der Waals surface area contributed by atoms with Crippen molar-refractivity contribution in [2.75, 3.05) is 48.4 Å². The molecule has 0 bridgehead atoms. The van der Waals surface area contributed by atoms with Crippen LogP contribution in [0.5, 0.6) is 5.75 Å². The van der Waals surface area contributed by atoms with E-state index in [0.717, 1.165) is 58.7 Å². The molecular weight excluding hydrogens is 422 g/mol. The Bertz CT molecular complexity index is 1280. The van der Waals surface area contributed by atoms with Gasteiger partial charge in [0.05, 0.1) is 40.8 Å². The molecule has 8 nitrogen and oxygen atoms in total. The Labute approximate surface area is 189 Å². The third-order valence-corrected chi connectivity index (χ3v) is 6.41. The zero-order valence-corrected chi connectivity index (χ0v) is 18.3. The van der Waals surface area contributed by atoms with Crippen LogP contribution in [-0.2, 0) is 0 Å². The first-order chi connectivity index (χ1) is 15.7. The Morgan fingerprint density at radius 3 is 2.66 bits per heavy atom. The number of thiazole rings is 1. The third kappa shape index (κ3) is 4.00. The van der Waals surface area contributed by atoms with Crippen molar-refractivity contribution in [1.82, 2.24) is 15.0 Å². The quantitative estimate of drug-likeness (QED) is 0.494. The average Bonchev–Trinajstić information content (AvgIpc) is 3.26. The van der Waals surface area contributed by atoms with Crippen molar-refractivity contribution in [2.24, 2.45) is 0 Å². The molecule has 0 radical (unpaired) electrons. The first kappa shape index (κ1) is 20.0. The fourth-order valence-electron chi connectivity index (χ4n) is 3.80. The molecule has 1 saturated heterocycles. The molecule has 0 aliphatic carbocycles. The normalized spacial score (nSPS) is 13.8. The maximum atomic E-state index is 9.20. The molecule has 1 aliphatic heterocycles. The van der Waals surface area contributed by atoms with E-state index < -0.39 is 0 Å². The number of nitrogens with one attached hydrogen (secondary N) is 1. The molecular formula is C23H21N7OS. The van der Waals surface area contributed by atoms with Crippen LogP contribution < -0.4 is 19.9 Å². The zero-order chi connectivity index (χ0) is 21.9. The topological polar surface area (TPSA) is 90.2 Å². The Morgan fingerprint density at radius 1 is 1.06 bits per heavy atom. The van der Waals surface area contributed by atoms with E-state index in [-0.39, 0.29) is 0 Å². The van der Waals surface area contributed by atoms with Gasteiger partial charge in [-0.05, 0) is 36.4 Å². The monoisotopic (exact) mass is 443 g/mol. The number of anilines is 4. The summed E-state index contributed by atoms with van der Waals surface area (Å²) in [6.45, 7) is 3.62. The summed E-state index contributed by atoms with van der Waals surface area (Å²) in [4.78, 5) is 18.0. The SMILES string of the molecule is COc1ccc(C#N)cc1Nc1nc2cc(N3CCN(c4cnccn4)CC3)ccc2s1. The minimum absolute atomic E-state index is 0.567. The predicted molar refractivity (Wildman–Crippen MR) is 127 cm³/mol. The fraction of sp³-hybridized carbons (Fsp3) is 0.217. The molecule has 0 spiro atoms. The number of fused-ring (bicyclic) bond motifs is 1. The van der Waals surface area contributed by atoms with E-state index in [1.807, 2.05) is 6.20 Å². The van der Waals surface area contributed by atoms with Gasteiger partial charge in [0.15, 0.2) is 5.13 Å². The largest absolute Gasteiger partial charge is 0.495 e. The summed E-state index contributed by atoms with van der Waals surface area (Å²) < 4.78 is 6.52. The van der Waals surface area contributed by atoms with Gasteiger partial charge in [-0.3, -0.25) is 4.98 Å². The maximum Gasteiger partial charge on any atom is 0.188 e. The highest BCUT2D eigenvalue weighted by Gasteiger charge is 2.19. The van der Waals surface area contributed by atoms with Crippen molar-refractivity contribution in [2.45, 2.75) is 0 Å². The number of ether oxygens (including phenoxy) is 1. The molecule has 2 aromatic carbocycles. The minimum atomic E-state index is 0.567. The first-order valence-corrected chi connectivity index (χ1v) is 11.1. The van der Waals surface area contributed by atoms with Crippen LogP contribution in [-0.4, -0.2) is 48.2 Å². The molecule has 0 saturated carbocycles. The van der Waals surface area contributed by atoms with Gasteiger partial charge in [0.2, 0.25) is 0 Å². The molecule has 0 unspecified atom stereocenters. The number of hydrogen-bond donors (Lipinski definition) is 1. The summed E-state index contributed by atoms with van der Waals surface area (Å²) in [5.41, 5.74) is 3.40. The molecule has 4 aromatic rings. The Balaban J connectivity index is 1.32. The van der Waals surface area contributed by atoms with Crippen molar-refractivity contribution in [3.05, 3.63) is 60.6 Å². The molecule has 5 rings (SSSR count). The van der Waals surface area contributed by atoms with Crippen LogP contribution in [0, 0.1) is 11.3 Å². The number of nitrogens with zero attached hydrogens (tertiary/aromatic N) is 6. The van der Waals surface area contributed by atoms with E-state index in [1.165, 1.54) is 0 Å². The van der Waals surface area contributed by atoms with Crippen LogP contribution in [0.1, 0.15) is 5.56 Å². The zero-order valence-electron chi connectivity index (χ0n) is 17.5. The summed E-state index contributed by atoms with van der Waals surface area (Å²) >= 11 is 1.58. The van der Waals surface area contributed by atoms with Crippen molar-refractivity contribution in [3.63, 3.8) is 0 Å². The molecule has 0 atom stereocenters. The van der Waals surface area contributed by atoms with Gasteiger partial charge in [-0.15, -0.1) is 0 Å². The van der Waals surface area contributed by atoms with E-state index in [9.17, 15) is 5.26 Å². The van der Waals surface area contributed by atoms with E-state index in [2.05, 4.69) is 49.4 Å². The summed E-state index contributed by atoms with van der Waals surface area (Å²) in [7, 11) is 1.61.